The molecule has 0 aliphatic heterocycles. The Balaban J connectivity index is 1.84. The van der Waals surface area contributed by atoms with E-state index in [2.05, 4.69) is 6.07 Å². The van der Waals surface area contributed by atoms with Gasteiger partial charge in [-0.25, -0.2) is 8.78 Å². The predicted octanol–water partition coefficient (Wildman–Crippen LogP) is 3.98. The molecule has 1 atom stereocenters. The molecule has 0 heterocycles. The van der Waals surface area contributed by atoms with Crippen molar-refractivity contribution in [2.45, 2.75) is 31.7 Å². The van der Waals surface area contributed by atoms with E-state index in [1.54, 1.807) is 11.0 Å². The van der Waals surface area contributed by atoms with Crippen molar-refractivity contribution in [2.24, 2.45) is 0 Å². The van der Waals surface area contributed by atoms with Crippen molar-refractivity contribution in [2.75, 3.05) is 27.2 Å². The second-order valence-corrected chi connectivity index (χ2v) is 7.46. The van der Waals surface area contributed by atoms with Crippen molar-refractivity contribution >= 4 is 5.91 Å². The molecular formula is C22H26F2N2O. The van der Waals surface area contributed by atoms with Crippen molar-refractivity contribution in [3.8, 4) is 0 Å². The van der Waals surface area contributed by atoms with Crippen molar-refractivity contribution < 1.29 is 13.6 Å². The molecule has 144 valence electrons. The predicted molar refractivity (Wildman–Crippen MR) is 102 cm³/mol. The Kier molecular flexibility index (Phi) is 6.22. The first kappa shape index (κ1) is 19.5. The molecule has 1 aliphatic rings. The molecule has 0 fully saturated rings. The number of benzene rings is 2. The first-order valence-electron chi connectivity index (χ1n) is 9.41. The van der Waals surface area contributed by atoms with Crippen molar-refractivity contribution in [3.63, 3.8) is 0 Å². The third-order valence-electron chi connectivity index (χ3n) is 5.15. The van der Waals surface area contributed by atoms with Gasteiger partial charge in [-0.3, -0.25) is 4.79 Å². The molecule has 0 N–H and O–H groups in total. The molecule has 0 aromatic heterocycles. The highest BCUT2D eigenvalue weighted by Crippen LogP contribution is 2.33. The summed E-state index contributed by atoms with van der Waals surface area (Å²) in [6.07, 6.45) is 2.81. The molecule has 2 aromatic carbocycles. The molecule has 0 bridgehead atoms. The second kappa shape index (κ2) is 8.61. The molecule has 0 saturated heterocycles. The Morgan fingerprint density at radius 3 is 2.59 bits per heavy atom. The molecule has 1 amide bonds. The molecule has 5 heteroatoms. The number of rotatable bonds is 6. The highest BCUT2D eigenvalue weighted by atomic mass is 19.2. The van der Waals surface area contributed by atoms with Gasteiger partial charge in [-0.05, 0) is 62.2 Å². The van der Waals surface area contributed by atoms with Crippen LogP contribution < -0.4 is 0 Å². The number of aryl methyl sites for hydroxylation is 1. The smallest absolute Gasteiger partial charge is 0.230 e. The van der Waals surface area contributed by atoms with E-state index in [1.165, 1.54) is 11.6 Å². The van der Waals surface area contributed by atoms with Gasteiger partial charge in [-0.1, -0.05) is 30.3 Å². The summed E-state index contributed by atoms with van der Waals surface area (Å²) in [6.45, 7) is 1.54. The lowest BCUT2D eigenvalue weighted by Gasteiger charge is -2.31. The van der Waals surface area contributed by atoms with Crippen LogP contribution in [0.25, 0.3) is 0 Å². The average molecular weight is 372 g/mol. The fraction of sp³-hybridized carbons (Fsp3) is 0.409. The zero-order valence-electron chi connectivity index (χ0n) is 15.9. The van der Waals surface area contributed by atoms with Gasteiger partial charge in [0.05, 0.1) is 5.92 Å². The highest BCUT2D eigenvalue weighted by molar-refractivity contribution is 5.84. The van der Waals surface area contributed by atoms with E-state index in [4.69, 9.17) is 0 Å². The molecule has 1 aliphatic carbocycles. The van der Waals surface area contributed by atoms with E-state index in [-0.39, 0.29) is 18.4 Å². The monoisotopic (exact) mass is 372 g/mol. The van der Waals surface area contributed by atoms with Crippen LogP contribution in [0.1, 0.15) is 35.4 Å². The van der Waals surface area contributed by atoms with E-state index in [9.17, 15) is 13.6 Å². The molecular weight excluding hydrogens is 346 g/mol. The van der Waals surface area contributed by atoms with E-state index in [0.717, 1.165) is 30.9 Å². The van der Waals surface area contributed by atoms with Crippen LogP contribution in [-0.2, 0) is 17.8 Å². The summed E-state index contributed by atoms with van der Waals surface area (Å²) in [5.41, 5.74) is 2.95. The zero-order chi connectivity index (χ0) is 19.4. The van der Waals surface area contributed by atoms with Crippen LogP contribution in [0.15, 0.2) is 42.5 Å². The minimum Gasteiger partial charge on any atom is -0.337 e. The van der Waals surface area contributed by atoms with Crippen molar-refractivity contribution in [3.05, 3.63) is 70.8 Å². The first-order chi connectivity index (χ1) is 13.0. The number of carbonyl (C=O) groups is 1. The van der Waals surface area contributed by atoms with Crippen LogP contribution in [0.3, 0.4) is 0 Å². The van der Waals surface area contributed by atoms with Gasteiger partial charge in [0.1, 0.15) is 0 Å². The number of hydrogen-bond acceptors (Lipinski definition) is 2. The summed E-state index contributed by atoms with van der Waals surface area (Å²) in [6, 6.07) is 12.0. The maximum atomic E-state index is 13.6. The second-order valence-electron chi connectivity index (χ2n) is 7.46. The van der Waals surface area contributed by atoms with Crippen molar-refractivity contribution in [1.29, 1.82) is 0 Å². The van der Waals surface area contributed by atoms with Gasteiger partial charge < -0.3 is 9.80 Å². The minimum atomic E-state index is -0.879. The Morgan fingerprint density at radius 2 is 1.85 bits per heavy atom. The lowest BCUT2D eigenvalue weighted by Crippen LogP contribution is -2.40. The maximum Gasteiger partial charge on any atom is 0.230 e. The minimum absolute atomic E-state index is 0.0636. The SMILES string of the molecule is CN(C)CCN(Cc1ccc(F)c(F)c1)C(=O)C1CCCc2ccccc21. The summed E-state index contributed by atoms with van der Waals surface area (Å²) in [7, 11) is 3.91. The van der Waals surface area contributed by atoms with Crippen LogP contribution in [0.4, 0.5) is 8.78 Å². The molecule has 0 radical (unpaired) electrons. The van der Waals surface area contributed by atoms with Crippen LogP contribution in [0, 0.1) is 11.6 Å². The van der Waals surface area contributed by atoms with Gasteiger partial charge in [-0.2, -0.15) is 0 Å². The first-order valence-corrected chi connectivity index (χ1v) is 9.41. The lowest BCUT2D eigenvalue weighted by molar-refractivity contribution is -0.134. The number of halogens is 2. The van der Waals surface area contributed by atoms with Gasteiger partial charge in [0.15, 0.2) is 11.6 Å². The van der Waals surface area contributed by atoms with Gasteiger partial charge in [-0.15, -0.1) is 0 Å². The van der Waals surface area contributed by atoms with E-state index < -0.39 is 11.6 Å². The van der Waals surface area contributed by atoms with Gasteiger partial charge >= 0.3 is 0 Å². The number of amides is 1. The van der Waals surface area contributed by atoms with Crippen molar-refractivity contribution in [1.82, 2.24) is 9.80 Å². The molecule has 3 rings (SSSR count). The molecule has 2 aromatic rings. The number of carbonyl (C=O) groups excluding carboxylic acids is 1. The Hall–Kier alpha value is -2.27. The molecule has 27 heavy (non-hydrogen) atoms. The summed E-state index contributed by atoms with van der Waals surface area (Å²) < 4.78 is 26.9. The van der Waals surface area contributed by atoms with Gasteiger partial charge in [0.2, 0.25) is 5.91 Å². The van der Waals surface area contributed by atoms with Crippen LogP contribution in [0.2, 0.25) is 0 Å². The van der Waals surface area contributed by atoms with Gasteiger partial charge in [0.25, 0.3) is 0 Å². The third kappa shape index (κ3) is 4.72. The largest absolute Gasteiger partial charge is 0.337 e. The van der Waals surface area contributed by atoms with Crippen LogP contribution in [0.5, 0.6) is 0 Å². The van der Waals surface area contributed by atoms with E-state index >= 15 is 0 Å². The average Bonchev–Trinajstić information content (AvgIpc) is 2.66. The van der Waals surface area contributed by atoms with E-state index in [0.29, 0.717) is 18.7 Å². The topological polar surface area (TPSA) is 23.6 Å². The fourth-order valence-corrected chi connectivity index (χ4v) is 3.68. The summed E-state index contributed by atoms with van der Waals surface area (Å²) in [4.78, 5) is 17.2. The lowest BCUT2D eigenvalue weighted by atomic mass is 9.82. The Bertz CT molecular complexity index is 807. The molecule has 0 saturated carbocycles. The summed E-state index contributed by atoms with van der Waals surface area (Å²) in [5.74, 6) is -1.85. The Morgan fingerprint density at radius 1 is 1.07 bits per heavy atom. The quantitative estimate of drug-likeness (QED) is 0.766. The molecule has 0 spiro atoms. The number of likely N-dealkylation sites (N-methyl/N-ethyl adjacent to an activating group) is 1. The molecule has 1 unspecified atom stereocenters. The van der Waals surface area contributed by atoms with Gasteiger partial charge in [0, 0.05) is 19.6 Å². The number of nitrogens with zero attached hydrogens (tertiary/aromatic N) is 2. The normalized spacial score (nSPS) is 16.3. The van der Waals surface area contributed by atoms with Crippen LogP contribution in [-0.4, -0.2) is 42.9 Å². The fourth-order valence-electron chi connectivity index (χ4n) is 3.68. The highest BCUT2D eigenvalue weighted by Gasteiger charge is 2.30. The Labute approximate surface area is 159 Å². The summed E-state index contributed by atoms with van der Waals surface area (Å²) >= 11 is 0. The molecule has 3 nitrogen and oxygen atoms in total. The number of hydrogen-bond donors (Lipinski definition) is 0. The van der Waals surface area contributed by atoms with E-state index in [1.807, 2.05) is 37.2 Å². The van der Waals surface area contributed by atoms with Crippen LogP contribution >= 0.6 is 0 Å². The maximum absolute atomic E-state index is 13.6. The number of fused-ring (bicyclic) bond motifs is 1. The summed E-state index contributed by atoms with van der Waals surface area (Å²) in [5, 5.41) is 0. The standard InChI is InChI=1S/C22H26F2N2O/c1-25(2)12-13-26(15-16-10-11-20(23)21(24)14-16)22(27)19-9-5-7-17-6-3-4-8-18(17)19/h3-4,6,8,10-11,14,19H,5,7,9,12-13,15H2,1-2H3. The zero-order valence-corrected chi connectivity index (χ0v) is 15.9. The third-order valence-corrected chi connectivity index (χ3v) is 5.15.